The fourth-order valence-electron chi connectivity index (χ4n) is 2.30. The summed E-state index contributed by atoms with van der Waals surface area (Å²) in [4.78, 5) is 8.74. The van der Waals surface area contributed by atoms with Crippen LogP contribution in [0.2, 0.25) is 0 Å². The summed E-state index contributed by atoms with van der Waals surface area (Å²) in [6.45, 7) is 1.88. The summed E-state index contributed by atoms with van der Waals surface area (Å²) in [5, 5.41) is 12.5. The number of benzene rings is 1. The first kappa shape index (κ1) is 11.8. The van der Waals surface area contributed by atoms with Gasteiger partial charge in [-0.15, -0.1) is 0 Å². The molecule has 21 heavy (non-hydrogen) atoms. The Labute approximate surface area is 120 Å². The minimum absolute atomic E-state index is 0.679. The summed E-state index contributed by atoms with van der Waals surface area (Å²) in [5.74, 6) is 1.47. The normalized spacial score (nSPS) is 11.1. The molecule has 1 N–H and O–H groups in total. The molecule has 0 atom stereocenters. The molecule has 0 radical (unpaired) electrons. The lowest BCUT2D eigenvalue weighted by Gasteiger charge is -2.04. The van der Waals surface area contributed by atoms with E-state index in [0.717, 1.165) is 28.1 Å². The molecule has 3 aromatic heterocycles. The van der Waals surface area contributed by atoms with Gasteiger partial charge < -0.3 is 0 Å². The maximum atomic E-state index is 4.41. The molecule has 0 spiro atoms. The van der Waals surface area contributed by atoms with Crippen LogP contribution in [-0.2, 0) is 0 Å². The molecule has 0 saturated carbocycles. The van der Waals surface area contributed by atoms with Gasteiger partial charge in [-0.1, -0.05) is 12.1 Å². The number of nitrogens with one attached hydrogen (secondary N) is 1. The standard InChI is InChI=1S/C15H12N6/c1-10-18-14(20-19-10)11-4-2-6-13(8-11)21-15-12(9-17-21)5-3-7-16-15/h2-9H,1H3,(H,18,19,20). The molecule has 0 aliphatic heterocycles. The zero-order valence-corrected chi connectivity index (χ0v) is 11.4. The van der Waals surface area contributed by atoms with Crippen molar-refractivity contribution >= 4 is 11.0 Å². The summed E-state index contributed by atoms with van der Waals surface area (Å²) in [5.41, 5.74) is 2.71. The van der Waals surface area contributed by atoms with E-state index in [9.17, 15) is 0 Å². The molecule has 0 fully saturated rings. The summed E-state index contributed by atoms with van der Waals surface area (Å²) in [6.07, 6.45) is 3.58. The average Bonchev–Trinajstić information content (AvgIpc) is 3.13. The van der Waals surface area contributed by atoms with Gasteiger partial charge >= 0.3 is 0 Å². The number of H-pyrrole nitrogens is 1. The largest absolute Gasteiger partial charge is 0.263 e. The Hall–Kier alpha value is -3.02. The summed E-state index contributed by atoms with van der Waals surface area (Å²) in [7, 11) is 0. The number of nitrogens with zero attached hydrogens (tertiary/aromatic N) is 5. The Kier molecular flexibility index (Phi) is 2.53. The number of fused-ring (bicyclic) bond motifs is 1. The van der Waals surface area contributed by atoms with Gasteiger partial charge in [0.2, 0.25) is 0 Å². The van der Waals surface area contributed by atoms with Crippen LogP contribution in [0.3, 0.4) is 0 Å². The van der Waals surface area contributed by atoms with Crippen LogP contribution in [0, 0.1) is 6.92 Å². The molecule has 0 aliphatic carbocycles. The van der Waals surface area contributed by atoms with Crippen LogP contribution in [0.4, 0.5) is 0 Å². The van der Waals surface area contributed by atoms with Crippen molar-refractivity contribution in [3.05, 3.63) is 54.6 Å². The first-order valence-electron chi connectivity index (χ1n) is 6.60. The van der Waals surface area contributed by atoms with Crippen molar-refractivity contribution < 1.29 is 0 Å². The molecule has 4 aromatic rings. The molecule has 6 heteroatoms. The minimum Gasteiger partial charge on any atom is -0.263 e. The van der Waals surface area contributed by atoms with Crippen molar-refractivity contribution in [3.63, 3.8) is 0 Å². The fraction of sp³-hybridized carbons (Fsp3) is 0.0667. The molecule has 0 bridgehead atoms. The van der Waals surface area contributed by atoms with E-state index in [2.05, 4.69) is 25.3 Å². The van der Waals surface area contributed by atoms with Crippen LogP contribution in [0.5, 0.6) is 0 Å². The van der Waals surface area contributed by atoms with Crippen molar-refractivity contribution in [3.8, 4) is 17.1 Å². The zero-order valence-electron chi connectivity index (χ0n) is 11.4. The fourth-order valence-corrected chi connectivity index (χ4v) is 2.30. The lowest BCUT2D eigenvalue weighted by molar-refractivity contribution is 0.897. The molecular formula is C15H12N6. The van der Waals surface area contributed by atoms with Gasteiger partial charge in [0.25, 0.3) is 0 Å². The van der Waals surface area contributed by atoms with Gasteiger partial charge in [-0.25, -0.2) is 14.6 Å². The number of pyridine rings is 1. The van der Waals surface area contributed by atoms with Crippen LogP contribution >= 0.6 is 0 Å². The van der Waals surface area contributed by atoms with E-state index in [4.69, 9.17) is 0 Å². The van der Waals surface area contributed by atoms with Crippen molar-refractivity contribution in [2.45, 2.75) is 6.92 Å². The van der Waals surface area contributed by atoms with E-state index >= 15 is 0 Å². The maximum Gasteiger partial charge on any atom is 0.181 e. The van der Waals surface area contributed by atoms with Crippen LogP contribution in [0.1, 0.15) is 5.82 Å². The van der Waals surface area contributed by atoms with Crippen molar-refractivity contribution in [2.24, 2.45) is 0 Å². The molecule has 102 valence electrons. The van der Waals surface area contributed by atoms with Crippen LogP contribution in [0.15, 0.2) is 48.8 Å². The Morgan fingerprint density at radius 2 is 2.10 bits per heavy atom. The Morgan fingerprint density at radius 3 is 2.95 bits per heavy atom. The highest BCUT2D eigenvalue weighted by Crippen LogP contribution is 2.21. The third-order valence-corrected chi connectivity index (χ3v) is 3.28. The van der Waals surface area contributed by atoms with E-state index in [-0.39, 0.29) is 0 Å². The first-order valence-corrected chi connectivity index (χ1v) is 6.60. The van der Waals surface area contributed by atoms with Gasteiger partial charge in [-0.2, -0.15) is 10.2 Å². The molecule has 3 heterocycles. The highest BCUT2D eigenvalue weighted by atomic mass is 15.3. The predicted molar refractivity (Wildman–Crippen MR) is 79.0 cm³/mol. The van der Waals surface area contributed by atoms with Crippen molar-refractivity contribution in [1.82, 2.24) is 29.9 Å². The topological polar surface area (TPSA) is 72.3 Å². The van der Waals surface area contributed by atoms with Gasteiger partial charge in [0.05, 0.1) is 11.9 Å². The van der Waals surface area contributed by atoms with Gasteiger partial charge in [0.1, 0.15) is 5.82 Å². The third-order valence-electron chi connectivity index (χ3n) is 3.28. The van der Waals surface area contributed by atoms with Crippen LogP contribution in [0.25, 0.3) is 28.1 Å². The Balaban J connectivity index is 1.86. The van der Waals surface area contributed by atoms with Gasteiger partial charge in [-0.3, -0.25) is 5.10 Å². The summed E-state index contributed by atoms with van der Waals surface area (Å²) < 4.78 is 1.82. The smallest absolute Gasteiger partial charge is 0.181 e. The zero-order chi connectivity index (χ0) is 14.2. The maximum absolute atomic E-state index is 4.41. The molecular weight excluding hydrogens is 264 g/mol. The van der Waals surface area contributed by atoms with Crippen molar-refractivity contribution in [2.75, 3.05) is 0 Å². The lowest BCUT2D eigenvalue weighted by Crippen LogP contribution is -1.97. The number of hydrogen-bond acceptors (Lipinski definition) is 4. The second-order valence-electron chi connectivity index (χ2n) is 4.77. The first-order chi connectivity index (χ1) is 10.3. The van der Waals surface area contributed by atoms with Gasteiger partial charge in [0.15, 0.2) is 11.5 Å². The summed E-state index contributed by atoms with van der Waals surface area (Å²) in [6, 6.07) is 11.8. The molecule has 1 aromatic carbocycles. The van der Waals surface area contributed by atoms with Gasteiger partial charge in [0, 0.05) is 17.1 Å². The predicted octanol–water partition coefficient (Wildman–Crippen LogP) is 2.51. The number of aryl methyl sites for hydroxylation is 1. The van der Waals surface area contributed by atoms with E-state index < -0.39 is 0 Å². The SMILES string of the molecule is Cc1nc(-c2cccc(-n3ncc4cccnc43)c2)n[nH]1. The number of hydrogen-bond donors (Lipinski definition) is 1. The molecule has 0 saturated heterocycles. The average molecular weight is 276 g/mol. The second-order valence-corrected chi connectivity index (χ2v) is 4.77. The molecule has 4 rings (SSSR count). The van der Waals surface area contributed by atoms with E-state index in [1.807, 2.05) is 54.2 Å². The minimum atomic E-state index is 0.679. The van der Waals surface area contributed by atoms with Crippen LogP contribution in [-0.4, -0.2) is 29.9 Å². The molecule has 0 unspecified atom stereocenters. The monoisotopic (exact) mass is 276 g/mol. The highest BCUT2D eigenvalue weighted by molar-refractivity contribution is 5.76. The number of aromatic nitrogens is 6. The Bertz CT molecular complexity index is 920. The van der Waals surface area contributed by atoms with E-state index in [1.165, 1.54) is 0 Å². The number of aromatic amines is 1. The van der Waals surface area contributed by atoms with Crippen molar-refractivity contribution in [1.29, 1.82) is 0 Å². The highest BCUT2D eigenvalue weighted by Gasteiger charge is 2.08. The van der Waals surface area contributed by atoms with E-state index in [0.29, 0.717) is 5.82 Å². The molecule has 0 aliphatic rings. The summed E-state index contributed by atoms with van der Waals surface area (Å²) >= 11 is 0. The molecule has 6 nitrogen and oxygen atoms in total. The quantitative estimate of drug-likeness (QED) is 0.610. The Morgan fingerprint density at radius 1 is 1.14 bits per heavy atom. The molecule has 0 amide bonds. The lowest BCUT2D eigenvalue weighted by atomic mass is 10.2. The number of rotatable bonds is 2. The van der Waals surface area contributed by atoms with E-state index in [1.54, 1.807) is 6.20 Å². The third kappa shape index (κ3) is 1.97. The second kappa shape index (κ2) is 4.52. The van der Waals surface area contributed by atoms with Crippen LogP contribution < -0.4 is 0 Å². The van der Waals surface area contributed by atoms with Gasteiger partial charge in [-0.05, 0) is 31.2 Å².